The van der Waals surface area contributed by atoms with E-state index in [0.29, 0.717) is 0 Å². The second-order valence-electron chi connectivity index (χ2n) is 3.60. The third-order valence-electron chi connectivity index (χ3n) is 2.68. The number of aryl methyl sites for hydroxylation is 1. The first kappa shape index (κ1) is 8.99. The van der Waals surface area contributed by atoms with E-state index in [4.69, 9.17) is 0 Å². The number of likely N-dealkylation sites (N-methyl/N-ethyl adjacent to an activating group) is 1. The molecule has 1 aromatic rings. The van der Waals surface area contributed by atoms with Gasteiger partial charge in [-0.05, 0) is 25.5 Å². The molecular weight excluding hydrogens is 178 g/mol. The van der Waals surface area contributed by atoms with E-state index in [0.717, 1.165) is 17.1 Å². The van der Waals surface area contributed by atoms with Gasteiger partial charge >= 0.3 is 0 Å². The fourth-order valence-corrected chi connectivity index (χ4v) is 1.55. The van der Waals surface area contributed by atoms with Crippen molar-refractivity contribution in [2.75, 3.05) is 17.3 Å². The van der Waals surface area contributed by atoms with Crippen molar-refractivity contribution in [1.82, 2.24) is 4.98 Å². The Morgan fingerprint density at radius 2 is 2.29 bits per heavy atom. The zero-order valence-electron chi connectivity index (χ0n) is 8.53. The van der Waals surface area contributed by atoms with Gasteiger partial charge in [-0.3, -0.25) is 4.79 Å². The standard InChI is InChI=1S/C10H13N3O/c1-6-4-5-11-9-8(6)12-10(14)7(2)13(9)3/h4-5,7H,1-3H3,(H,12,14). The van der Waals surface area contributed by atoms with E-state index >= 15 is 0 Å². The Labute approximate surface area is 82.9 Å². The van der Waals surface area contributed by atoms with Crippen LogP contribution in [0, 0.1) is 6.92 Å². The summed E-state index contributed by atoms with van der Waals surface area (Å²) in [5, 5.41) is 2.87. The molecule has 0 fully saturated rings. The summed E-state index contributed by atoms with van der Waals surface area (Å²) in [4.78, 5) is 17.7. The van der Waals surface area contributed by atoms with Crippen LogP contribution in [0.3, 0.4) is 0 Å². The van der Waals surface area contributed by atoms with Gasteiger partial charge in [0.15, 0.2) is 5.82 Å². The number of hydrogen-bond acceptors (Lipinski definition) is 3. The number of aromatic nitrogens is 1. The normalized spacial score (nSPS) is 20.4. The largest absolute Gasteiger partial charge is 0.346 e. The third-order valence-corrected chi connectivity index (χ3v) is 2.68. The number of carbonyl (C=O) groups is 1. The van der Waals surface area contributed by atoms with E-state index in [9.17, 15) is 4.79 Å². The fraction of sp³-hybridized carbons (Fsp3) is 0.400. The Hall–Kier alpha value is -1.58. The molecule has 0 saturated carbocycles. The highest BCUT2D eigenvalue weighted by atomic mass is 16.2. The maximum Gasteiger partial charge on any atom is 0.246 e. The average Bonchev–Trinajstić information content (AvgIpc) is 2.17. The highest BCUT2D eigenvalue weighted by molar-refractivity contribution is 6.03. The minimum absolute atomic E-state index is 0.0242. The van der Waals surface area contributed by atoms with E-state index in [1.165, 1.54) is 0 Å². The molecule has 1 atom stereocenters. The summed E-state index contributed by atoms with van der Waals surface area (Å²) in [5.74, 6) is 0.869. The first-order chi connectivity index (χ1) is 6.61. The Bertz CT molecular complexity index is 389. The highest BCUT2D eigenvalue weighted by Crippen LogP contribution is 2.30. The van der Waals surface area contributed by atoms with E-state index in [1.807, 2.05) is 31.9 Å². The molecule has 0 aliphatic carbocycles. The lowest BCUT2D eigenvalue weighted by molar-refractivity contribution is -0.117. The second-order valence-corrected chi connectivity index (χ2v) is 3.60. The maximum atomic E-state index is 11.5. The van der Waals surface area contributed by atoms with Crippen LogP contribution in [0.25, 0.3) is 0 Å². The van der Waals surface area contributed by atoms with Gasteiger partial charge in [-0.25, -0.2) is 4.98 Å². The number of nitrogens with one attached hydrogen (secondary N) is 1. The Morgan fingerprint density at radius 1 is 1.57 bits per heavy atom. The smallest absolute Gasteiger partial charge is 0.246 e. The quantitative estimate of drug-likeness (QED) is 0.669. The van der Waals surface area contributed by atoms with Gasteiger partial charge in [0.2, 0.25) is 5.91 Å². The Morgan fingerprint density at radius 3 is 3.00 bits per heavy atom. The second kappa shape index (κ2) is 2.97. The summed E-state index contributed by atoms with van der Waals surface area (Å²) >= 11 is 0. The first-order valence-electron chi connectivity index (χ1n) is 4.60. The lowest BCUT2D eigenvalue weighted by atomic mass is 10.1. The van der Waals surface area contributed by atoms with Crippen molar-refractivity contribution in [1.29, 1.82) is 0 Å². The van der Waals surface area contributed by atoms with Gasteiger partial charge in [-0.2, -0.15) is 0 Å². The van der Waals surface area contributed by atoms with Crippen LogP contribution in [0.1, 0.15) is 12.5 Å². The Balaban J connectivity index is 2.56. The van der Waals surface area contributed by atoms with Crippen molar-refractivity contribution in [3.63, 3.8) is 0 Å². The molecule has 2 rings (SSSR count). The van der Waals surface area contributed by atoms with Gasteiger partial charge in [0.25, 0.3) is 0 Å². The molecule has 1 aliphatic heterocycles. The van der Waals surface area contributed by atoms with E-state index in [-0.39, 0.29) is 11.9 Å². The SMILES string of the molecule is Cc1ccnc2c1NC(=O)C(C)N2C. The molecule has 1 amide bonds. The number of fused-ring (bicyclic) bond motifs is 1. The minimum Gasteiger partial charge on any atom is -0.346 e. The molecule has 4 nitrogen and oxygen atoms in total. The zero-order valence-corrected chi connectivity index (χ0v) is 8.53. The highest BCUT2D eigenvalue weighted by Gasteiger charge is 2.28. The molecule has 1 aromatic heterocycles. The molecule has 0 aromatic carbocycles. The summed E-state index contributed by atoms with van der Waals surface area (Å²) in [6.45, 7) is 3.83. The summed E-state index contributed by atoms with van der Waals surface area (Å²) in [6.07, 6.45) is 1.76. The van der Waals surface area contributed by atoms with Crippen molar-refractivity contribution in [2.24, 2.45) is 0 Å². The van der Waals surface area contributed by atoms with Crippen LogP contribution in [0.4, 0.5) is 11.5 Å². The fourth-order valence-electron chi connectivity index (χ4n) is 1.55. The van der Waals surface area contributed by atoms with Gasteiger partial charge in [-0.15, -0.1) is 0 Å². The molecule has 0 bridgehead atoms. The van der Waals surface area contributed by atoms with E-state index in [1.54, 1.807) is 6.20 Å². The van der Waals surface area contributed by atoms with Crippen molar-refractivity contribution in [3.8, 4) is 0 Å². The van der Waals surface area contributed by atoms with Crippen molar-refractivity contribution in [2.45, 2.75) is 19.9 Å². The van der Waals surface area contributed by atoms with Gasteiger partial charge in [0.1, 0.15) is 6.04 Å². The summed E-state index contributed by atoms with van der Waals surface area (Å²) in [7, 11) is 1.88. The average molecular weight is 191 g/mol. The van der Waals surface area contributed by atoms with Gasteiger partial charge in [0, 0.05) is 13.2 Å². The Kier molecular flexibility index (Phi) is 1.91. The lowest BCUT2D eigenvalue weighted by Gasteiger charge is -2.32. The van der Waals surface area contributed by atoms with Gasteiger partial charge in [-0.1, -0.05) is 0 Å². The van der Waals surface area contributed by atoms with Crippen LogP contribution >= 0.6 is 0 Å². The predicted octanol–water partition coefficient (Wildman–Crippen LogP) is 1.17. The molecule has 2 heterocycles. The number of hydrogen-bond donors (Lipinski definition) is 1. The molecule has 0 saturated heterocycles. The molecule has 14 heavy (non-hydrogen) atoms. The number of anilines is 2. The molecule has 74 valence electrons. The van der Waals surface area contributed by atoms with Gasteiger partial charge < -0.3 is 10.2 Å². The third kappa shape index (κ3) is 1.14. The molecule has 0 spiro atoms. The predicted molar refractivity (Wildman–Crippen MR) is 55.5 cm³/mol. The number of nitrogens with zero attached hydrogens (tertiary/aromatic N) is 2. The van der Waals surface area contributed by atoms with Crippen LogP contribution < -0.4 is 10.2 Å². The zero-order chi connectivity index (χ0) is 10.3. The number of carbonyl (C=O) groups excluding carboxylic acids is 1. The lowest BCUT2D eigenvalue weighted by Crippen LogP contribution is -2.44. The van der Waals surface area contributed by atoms with Crippen LogP contribution in [-0.4, -0.2) is 24.0 Å². The van der Waals surface area contributed by atoms with Gasteiger partial charge in [0.05, 0.1) is 5.69 Å². The molecule has 1 N–H and O–H groups in total. The maximum absolute atomic E-state index is 11.5. The molecular formula is C10H13N3O. The number of pyridine rings is 1. The first-order valence-corrected chi connectivity index (χ1v) is 4.60. The number of amides is 1. The van der Waals surface area contributed by atoms with E-state index in [2.05, 4.69) is 10.3 Å². The monoisotopic (exact) mass is 191 g/mol. The summed E-state index contributed by atoms with van der Waals surface area (Å²) in [6, 6.07) is 1.74. The topological polar surface area (TPSA) is 45.2 Å². The number of rotatable bonds is 0. The molecule has 4 heteroatoms. The summed E-state index contributed by atoms with van der Waals surface area (Å²) < 4.78 is 0. The van der Waals surface area contributed by atoms with Crippen molar-refractivity contribution >= 4 is 17.4 Å². The minimum atomic E-state index is -0.156. The molecule has 0 radical (unpaired) electrons. The van der Waals surface area contributed by atoms with Crippen LogP contribution in [0.15, 0.2) is 12.3 Å². The van der Waals surface area contributed by atoms with Crippen LogP contribution in [-0.2, 0) is 4.79 Å². The summed E-state index contributed by atoms with van der Waals surface area (Å²) in [5.41, 5.74) is 1.88. The van der Waals surface area contributed by atoms with Crippen molar-refractivity contribution in [3.05, 3.63) is 17.8 Å². The molecule has 1 unspecified atom stereocenters. The molecule has 1 aliphatic rings. The van der Waals surface area contributed by atoms with Crippen LogP contribution in [0.2, 0.25) is 0 Å². The van der Waals surface area contributed by atoms with Crippen LogP contribution in [0.5, 0.6) is 0 Å². The van der Waals surface area contributed by atoms with Crippen molar-refractivity contribution < 1.29 is 4.79 Å². The van der Waals surface area contributed by atoms with E-state index < -0.39 is 0 Å².